The van der Waals surface area contributed by atoms with Crippen LogP contribution < -0.4 is 10.1 Å². The van der Waals surface area contributed by atoms with Crippen molar-refractivity contribution in [3.8, 4) is 24.2 Å². The highest BCUT2D eigenvalue weighted by Gasteiger charge is 2.08. The Morgan fingerprint density at radius 3 is 2.50 bits per heavy atom. The van der Waals surface area contributed by atoms with Crippen LogP contribution in [0.25, 0.3) is 6.08 Å². The van der Waals surface area contributed by atoms with Crippen LogP contribution in [0.2, 0.25) is 0 Å². The number of ether oxygens (including phenoxy) is 1. The molecule has 0 bridgehead atoms. The maximum Gasteiger partial charge on any atom is 0.262 e. The first kappa shape index (κ1) is 16.9. The van der Waals surface area contributed by atoms with Gasteiger partial charge in [-0.1, -0.05) is 48.4 Å². The predicted molar refractivity (Wildman–Crippen MR) is 92.6 cm³/mol. The lowest BCUT2D eigenvalue weighted by Gasteiger charge is -2.05. The number of hydrogen-bond acceptors (Lipinski definition) is 3. The maximum absolute atomic E-state index is 12.1. The molecule has 2 aromatic rings. The van der Waals surface area contributed by atoms with Gasteiger partial charge in [-0.15, -0.1) is 6.42 Å². The van der Waals surface area contributed by atoms with Crippen molar-refractivity contribution in [2.24, 2.45) is 0 Å². The number of rotatable bonds is 6. The number of carbonyl (C=O) groups is 1. The van der Waals surface area contributed by atoms with E-state index in [4.69, 9.17) is 11.2 Å². The van der Waals surface area contributed by atoms with Crippen LogP contribution in [0, 0.1) is 23.7 Å². The number of amides is 1. The number of carbonyl (C=O) groups excluding carboxylic acids is 1. The Morgan fingerprint density at radius 1 is 1.17 bits per heavy atom. The van der Waals surface area contributed by atoms with E-state index in [1.807, 2.05) is 36.4 Å². The first-order chi connectivity index (χ1) is 11.7. The van der Waals surface area contributed by atoms with E-state index in [-0.39, 0.29) is 12.2 Å². The number of nitrogens with zero attached hydrogens (tertiary/aromatic N) is 1. The van der Waals surface area contributed by atoms with Gasteiger partial charge in [0, 0.05) is 6.54 Å². The van der Waals surface area contributed by atoms with E-state index in [9.17, 15) is 10.1 Å². The second kappa shape index (κ2) is 8.82. The quantitative estimate of drug-likeness (QED) is 0.506. The molecular weight excluding hydrogens is 300 g/mol. The van der Waals surface area contributed by atoms with Gasteiger partial charge in [-0.3, -0.25) is 4.79 Å². The van der Waals surface area contributed by atoms with E-state index in [0.717, 1.165) is 11.1 Å². The van der Waals surface area contributed by atoms with E-state index < -0.39 is 5.91 Å². The Bertz CT molecular complexity index is 794. The molecule has 24 heavy (non-hydrogen) atoms. The summed E-state index contributed by atoms with van der Waals surface area (Å²) in [5.74, 6) is 2.61. The molecule has 4 heteroatoms. The smallest absolute Gasteiger partial charge is 0.262 e. The Hall–Kier alpha value is -3.50. The largest absolute Gasteiger partial charge is 0.481 e. The monoisotopic (exact) mass is 316 g/mol. The summed E-state index contributed by atoms with van der Waals surface area (Å²) >= 11 is 0. The fraction of sp³-hybridized carbons (Fsp3) is 0.100. The van der Waals surface area contributed by atoms with Gasteiger partial charge in [0.05, 0.1) is 0 Å². The fourth-order valence-electron chi connectivity index (χ4n) is 1.97. The minimum atomic E-state index is -0.408. The van der Waals surface area contributed by atoms with Crippen molar-refractivity contribution in [2.75, 3.05) is 6.61 Å². The van der Waals surface area contributed by atoms with Crippen molar-refractivity contribution in [1.82, 2.24) is 5.32 Å². The van der Waals surface area contributed by atoms with Gasteiger partial charge in [-0.05, 0) is 29.3 Å². The minimum Gasteiger partial charge on any atom is -0.481 e. The average molecular weight is 316 g/mol. The summed E-state index contributed by atoms with van der Waals surface area (Å²) in [6.45, 7) is 0.568. The fourth-order valence-corrected chi connectivity index (χ4v) is 1.97. The SMILES string of the molecule is C#CCOc1ccc(/C=C(/C#N)C(=O)NCc2ccccc2)cc1. The third-order valence-corrected chi connectivity index (χ3v) is 3.17. The van der Waals surface area contributed by atoms with Crippen LogP contribution in [0.15, 0.2) is 60.2 Å². The summed E-state index contributed by atoms with van der Waals surface area (Å²) in [5.41, 5.74) is 1.75. The molecule has 0 aromatic heterocycles. The minimum absolute atomic E-state index is 0.0447. The molecule has 1 amide bonds. The van der Waals surface area contributed by atoms with Gasteiger partial charge < -0.3 is 10.1 Å². The normalized spacial score (nSPS) is 10.3. The van der Waals surface area contributed by atoms with Crippen molar-refractivity contribution < 1.29 is 9.53 Å². The lowest BCUT2D eigenvalue weighted by molar-refractivity contribution is -0.117. The molecule has 4 nitrogen and oxygen atoms in total. The predicted octanol–water partition coefficient (Wildman–Crippen LogP) is 2.92. The van der Waals surface area contributed by atoms with Gasteiger partial charge in [0.15, 0.2) is 0 Å². The highest BCUT2D eigenvalue weighted by molar-refractivity contribution is 6.01. The van der Waals surface area contributed by atoms with Crippen LogP contribution in [-0.2, 0) is 11.3 Å². The Balaban J connectivity index is 2.01. The summed E-state index contributed by atoms with van der Waals surface area (Å²) in [4.78, 5) is 12.1. The van der Waals surface area contributed by atoms with Gasteiger partial charge in [-0.25, -0.2) is 0 Å². The lowest BCUT2D eigenvalue weighted by atomic mass is 10.1. The van der Waals surface area contributed by atoms with Gasteiger partial charge in [0.1, 0.15) is 24.0 Å². The molecule has 0 saturated heterocycles. The number of nitrogens with one attached hydrogen (secondary N) is 1. The van der Waals surface area contributed by atoms with Crippen molar-refractivity contribution in [3.63, 3.8) is 0 Å². The average Bonchev–Trinajstić information content (AvgIpc) is 2.64. The summed E-state index contributed by atoms with van der Waals surface area (Å²) in [6, 6.07) is 18.4. The Morgan fingerprint density at radius 2 is 1.88 bits per heavy atom. The summed E-state index contributed by atoms with van der Waals surface area (Å²) in [6.07, 6.45) is 6.66. The third kappa shape index (κ3) is 5.05. The van der Waals surface area contributed by atoms with Crippen molar-refractivity contribution >= 4 is 12.0 Å². The van der Waals surface area contributed by atoms with E-state index in [1.165, 1.54) is 6.08 Å². The number of nitriles is 1. The van der Waals surface area contributed by atoms with Gasteiger partial charge in [-0.2, -0.15) is 5.26 Å². The maximum atomic E-state index is 12.1. The van der Waals surface area contributed by atoms with Crippen molar-refractivity contribution in [2.45, 2.75) is 6.54 Å². The molecule has 1 N–H and O–H groups in total. The molecule has 0 radical (unpaired) electrons. The van der Waals surface area contributed by atoms with Gasteiger partial charge >= 0.3 is 0 Å². The highest BCUT2D eigenvalue weighted by Crippen LogP contribution is 2.14. The van der Waals surface area contributed by atoms with Gasteiger partial charge in [0.25, 0.3) is 5.91 Å². The van der Waals surface area contributed by atoms with Crippen LogP contribution in [-0.4, -0.2) is 12.5 Å². The van der Waals surface area contributed by atoms with Crippen LogP contribution in [0.3, 0.4) is 0 Å². The molecule has 0 spiro atoms. The molecule has 0 unspecified atom stereocenters. The van der Waals surface area contributed by atoms with Crippen LogP contribution >= 0.6 is 0 Å². The molecule has 2 aromatic carbocycles. The summed E-state index contributed by atoms with van der Waals surface area (Å²) in [5, 5.41) is 11.9. The molecule has 118 valence electrons. The van der Waals surface area contributed by atoms with Crippen molar-refractivity contribution in [1.29, 1.82) is 5.26 Å². The Kier molecular flexibility index (Phi) is 6.20. The molecule has 0 aliphatic carbocycles. The number of terminal acetylenes is 1. The summed E-state index contributed by atoms with van der Waals surface area (Å²) in [7, 11) is 0. The molecular formula is C20H16N2O2. The van der Waals surface area contributed by atoms with Crippen LogP contribution in [0.4, 0.5) is 0 Å². The molecule has 0 atom stereocenters. The molecule has 0 heterocycles. The highest BCUT2D eigenvalue weighted by atomic mass is 16.5. The first-order valence-corrected chi connectivity index (χ1v) is 7.33. The third-order valence-electron chi connectivity index (χ3n) is 3.17. The van der Waals surface area contributed by atoms with E-state index in [2.05, 4.69) is 11.2 Å². The first-order valence-electron chi connectivity index (χ1n) is 7.33. The number of hydrogen-bond donors (Lipinski definition) is 1. The summed E-state index contributed by atoms with van der Waals surface area (Å²) < 4.78 is 5.28. The number of benzene rings is 2. The van der Waals surface area contributed by atoms with E-state index in [1.54, 1.807) is 24.3 Å². The second-order valence-corrected chi connectivity index (χ2v) is 4.90. The molecule has 0 fully saturated rings. The van der Waals surface area contributed by atoms with Crippen LogP contribution in [0.1, 0.15) is 11.1 Å². The van der Waals surface area contributed by atoms with E-state index >= 15 is 0 Å². The second-order valence-electron chi connectivity index (χ2n) is 4.90. The van der Waals surface area contributed by atoms with Gasteiger partial charge in [0.2, 0.25) is 0 Å². The standard InChI is InChI=1S/C20H16N2O2/c1-2-12-24-19-10-8-16(9-11-19)13-18(14-21)20(23)22-15-17-6-4-3-5-7-17/h1,3-11,13H,12,15H2,(H,22,23)/b18-13-. The zero-order valence-corrected chi connectivity index (χ0v) is 13.0. The van der Waals surface area contributed by atoms with E-state index in [0.29, 0.717) is 12.3 Å². The lowest BCUT2D eigenvalue weighted by Crippen LogP contribution is -2.23. The van der Waals surface area contributed by atoms with Crippen LogP contribution in [0.5, 0.6) is 5.75 Å². The molecule has 2 rings (SSSR count). The molecule has 0 aliphatic rings. The van der Waals surface area contributed by atoms with Crippen molar-refractivity contribution in [3.05, 3.63) is 71.3 Å². The zero-order chi connectivity index (χ0) is 17.2. The zero-order valence-electron chi connectivity index (χ0n) is 13.0. The molecule has 0 saturated carbocycles. The Labute approximate surface area is 141 Å². The topological polar surface area (TPSA) is 62.1 Å². The molecule has 0 aliphatic heterocycles.